The molecule has 0 radical (unpaired) electrons. The van der Waals surface area contributed by atoms with E-state index < -0.39 is 6.16 Å². The quantitative estimate of drug-likeness (QED) is 0.759. The number of carbonyl (C=O) groups is 1. The molecule has 82 valence electrons. The summed E-state index contributed by atoms with van der Waals surface area (Å²) in [5, 5.41) is 8.45. The number of carboxylic acid groups (broad SMARTS) is 1. The predicted molar refractivity (Wildman–Crippen MR) is 58.0 cm³/mol. The zero-order valence-electron chi connectivity index (χ0n) is 9.28. The Morgan fingerprint density at radius 3 is 2.47 bits per heavy atom. The summed E-state index contributed by atoms with van der Waals surface area (Å²) in [6.45, 7) is 6.38. The number of rotatable bonds is 2. The normalized spacial score (nSPS) is 11.1. The van der Waals surface area contributed by atoms with Crippen molar-refractivity contribution in [1.29, 1.82) is 0 Å². The molecular weight excluding hydrogens is 192 g/mol. The van der Waals surface area contributed by atoms with Crippen molar-refractivity contribution in [3.05, 3.63) is 35.4 Å². The van der Waals surface area contributed by atoms with E-state index in [0.29, 0.717) is 0 Å². The SMILES string of the molecule is CC(C)(C)c1ccccc1COC(=O)O. The molecule has 0 aromatic heterocycles. The van der Waals surface area contributed by atoms with Gasteiger partial charge in [-0.25, -0.2) is 4.79 Å². The number of benzene rings is 1. The van der Waals surface area contributed by atoms with Gasteiger partial charge in [0.05, 0.1) is 0 Å². The number of hydrogen-bond donors (Lipinski definition) is 1. The molecule has 0 fully saturated rings. The average molecular weight is 208 g/mol. The van der Waals surface area contributed by atoms with Gasteiger partial charge in [0, 0.05) is 0 Å². The fraction of sp³-hybridized carbons (Fsp3) is 0.417. The minimum absolute atomic E-state index is 0.00153. The van der Waals surface area contributed by atoms with E-state index in [4.69, 9.17) is 5.11 Å². The average Bonchev–Trinajstić information content (AvgIpc) is 2.13. The monoisotopic (exact) mass is 208 g/mol. The molecule has 0 amide bonds. The standard InChI is InChI=1S/C12H16O3/c1-12(2,3)10-7-5-4-6-9(10)8-15-11(13)14/h4-7H,8H2,1-3H3,(H,13,14). The second kappa shape index (κ2) is 4.34. The van der Waals surface area contributed by atoms with Crippen LogP contribution in [0.1, 0.15) is 31.9 Å². The van der Waals surface area contributed by atoms with Crippen LogP contribution in [0.15, 0.2) is 24.3 Å². The van der Waals surface area contributed by atoms with Crippen LogP contribution in [-0.2, 0) is 16.8 Å². The van der Waals surface area contributed by atoms with E-state index in [2.05, 4.69) is 25.5 Å². The molecule has 0 aliphatic heterocycles. The largest absolute Gasteiger partial charge is 0.506 e. The lowest BCUT2D eigenvalue weighted by Gasteiger charge is -2.22. The molecule has 0 bridgehead atoms. The Morgan fingerprint density at radius 1 is 1.33 bits per heavy atom. The molecule has 15 heavy (non-hydrogen) atoms. The summed E-state index contributed by atoms with van der Waals surface area (Å²) in [5.41, 5.74) is 2.04. The summed E-state index contributed by atoms with van der Waals surface area (Å²) in [4.78, 5) is 10.3. The highest BCUT2D eigenvalue weighted by Gasteiger charge is 2.17. The molecule has 0 aliphatic carbocycles. The Bertz CT molecular complexity index is 350. The highest BCUT2D eigenvalue weighted by Crippen LogP contribution is 2.26. The van der Waals surface area contributed by atoms with Gasteiger partial charge in [-0.05, 0) is 16.5 Å². The summed E-state index contributed by atoms with van der Waals surface area (Å²) < 4.78 is 4.58. The number of ether oxygens (including phenoxy) is 1. The lowest BCUT2D eigenvalue weighted by molar-refractivity contribution is 0.0849. The molecule has 0 unspecified atom stereocenters. The highest BCUT2D eigenvalue weighted by molar-refractivity contribution is 5.57. The molecule has 0 spiro atoms. The third-order valence-electron chi connectivity index (χ3n) is 2.18. The molecule has 0 aliphatic rings. The van der Waals surface area contributed by atoms with Gasteiger partial charge >= 0.3 is 6.16 Å². The van der Waals surface area contributed by atoms with Crippen LogP contribution < -0.4 is 0 Å². The topological polar surface area (TPSA) is 46.5 Å². The zero-order valence-corrected chi connectivity index (χ0v) is 9.28. The van der Waals surface area contributed by atoms with Crippen molar-refractivity contribution in [2.75, 3.05) is 0 Å². The highest BCUT2D eigenvalue weighted by atomic mass is 16.7. The van der Waals surface area contributed by atoms with Gasteiger partial charge in [0.2, 0.25) is 0 Å². The number of hydrogen-bond acceptors (Lipinski definition) is 2. The van der Waals surface area contributed by atoms with E-state index in [-0.39, 0.29) is 12.0 Å². The first kappa shape index (κ1) is 11.6. The lowest BCUT2D eigenvalue weighted by Crippen LogP contribution is -2.15. The van der Waals surface area contributed by atoms with Crippen LogP contribution in [-0.4, -0.2) is 11.3 Å². The lowest BCUT2D eigenvalue weighted by atomic mass is 9.84. The fourth-order valence-corrected chi connectivity index (χ4v) is 1.52. The Labute approximate surface area is 89.7 Å². The van der Waals surface area contributed by atoms with Crippen molar-refractivity contribution in [3.63, 3.8) is 0 Å². The second-order valence-electron chi connectivity index (χ2n) is 4.46. The molecule has 1 rings (SSSR count). The smallest absolute Gasteiger partial charge is 0.450 e. The van der Waals surface area contributed by atoms with Crippen molar-refractivity contribution < 1.29 is 14.6 Å². The van der Waals surface area contributed by atoms with Crippen LogP contribution in [0, 0.1) is 0 Å². The van der Waals surface area contributed by atoms with Gasteiger partial charge in [0.15, 0.2) is 0 Å². The summed E-state index contributed by atoms with van der Waals surface area (Å²) >= 11 is 0. The molecule has 1 aromatic rings. The summed E-state index contributed by atoms with van der Waals surface area (Å²) in [7, 11) is 0. The van der Waals surface area contributed by atoms with Crippen molar-refractivity contribution in [2.24, 2.45) is 0 Å². The molecule has 0 atom stereocenters. The first-order chi connectivity index (χ1) is 6.91. The molecule has 3 nitrogen and oxygen atoms in total. The summed E-state index contributed by atoms with van der Waals surface area (Å²) in [6, 6.07) is 7.73. The fourth-order valence-electron chi connectivity index (χ4n) is 1.52. The predicted octanol–water partition coefficient (Wildman–Crippen LogP) is 3.18. The van der Waals surface area contributed by atoms with Crippen molar-refractivity contribution in [2.45, 2.75) is 32.8 Å². The Morgan fingerprint density at radius 2 is 1.93 bits per heavy atom. The van der Waals surface area contributed by atoms with Gasteiger partial charge in [0.1, 0.15) is 6.61 Å². The van der Waals surface area contributed by atoms with E-state index in [0.717, 1.165) is 11.1 Å². The van der Waals surface area contributed by atoms with Crippen LogP contribution in [0.2, 0.25) is 0 Å². The molecular formula is C12H16O3. The van der Waals surface area contributed by atoms with Gasteiger partial charge < -0.3 is 9.84 Å². The zero-order chi connectivity index (χ0) is 11.5. The van der Waals surface area contributed by atoms with Crippen LogP contribution in [0.5, 0.6) is 0 Å². The first-order valence-electron chi connectivity index (χ1n) is 4.85. The molecule has 1 aromatic carbocycles. The van der Waals surface area contributed by atoms with E-state index in [1.807, 2.05) is 24.3 Å². The maximum Gasteiger partial charge on any atom is 0.506 e. The third-order valence-corrected chi connectivity index (χ3v) is 2.18. The van der Waals surface area contributed by atoms with E-state index in [1.54, 1.807) is 0 Å². The Kier molecular flexibility index (Phi) is 3.35. The van der Waals surface area contributed by atoms with E-state index in [9.17, 15) is 4.79 Å². The molecule has 3 heteroatoms. The van der Waals surface area contributed by atoms with Gasteiger partial charge in [-0.1, -0.05) is 45.0 Å². The van der Waals surface area contributed by atoms with Crippen molar-refractivity contribution in [3.8, 4) is 0 Å². The van der Waals surface area contributed by atoms with Crippen LogP contribution >= 0.6 is 0 Å². The molecule has 0 heterocycles. The molecule has 0 saturated carbocycles. The van der Waals surface area contributed by atoms with Crippen molar-refractivity contribution in [1.82, 2.24) is 0 Å². The molecule has 1 N–H and O–H groups in total. The van der Waals surface area contributed by atoms with Crippen LogP contribution in [0.25, 0.3) is 0 Å². The first-order valence-corrected chi connectivity index (χ1v) is 4.85. The minimum atomic E-state index is -1.24. The minimum Gasteiger partial charge on any atom is -0.450 e. The summed E-state index contributed by atoms with van der Waals surface area (Å²) in [6.07, 6.45) is -1.24. The van der Waals surface area contributed by atoms with Crippen molar-refractivity contribution >= 4 is 6.16 Å². The van der Waals surface area contributed by atoms with Gasteiger partial charge in [0.25, 0.3) is 0 Å². The van der Waals surface area contributed by atoms with Gasteiger partial charge in [-0.15, -0.1) is 0 Å². The molecule has 0 saturated heterocycles. The Hall–Kier alpha value is -1.51. The summed E-state index contributed by atoms with van der Waals surface area (Å²) in [5.74, 6) is 0. The Balaban J connectivity index is 2.92. The third kappa shape index (κ3) is 3.27. The van der Waals surface area contributed by atoms with Crippen LogP contribution in [0.3, 0.4) is 0 Å². The maximum atomic E-state index is 10.3. The van der Waals surface area contributed by atoms with E-state index in [1.165, 1.54) is 0 Å². The van der Waals surface area contributed by atoms with Gasteiger partial charge in [-0.2, -0.15) is 0 Å². The maximum absolute atomic E-state index is 10.3. The van der Waals surface area contributed by atoms with Crippen LogP contribution in [0.4, 0.5) is 4.79 Å². The second-order valence-corrected chi connectivity index (χ2v) is 4.46. The van der Waals surface area contributed by atoms with E-state index >= 15 is 0 Å². The van der Waals surface area contributed by atoms with Gasteiger partial charge in [-0.3, -0.25) is 0 Å².